The maximum absolute atomic E-state index is 8.80. The highest BCUT2D eigenvalue weighted by Gasteiger charge is 2.01. The van der Waals surface area contributed by atoms with E-state index in [0.29, 0.717) is 6.04 Å². The minimum Gasteiger partial charge on any atom is -0.390 e. The number of hydrogen-bond donors (Lipinski definition) is 1. The molecule has 0 aromatic carbocycles. The van der Waals surface area contributed by atoms with Crippen molar-refractivity contribution >= 4 is 12.4 Å². The average Bonchev–Trinajstić information content (AvgIpc) is 2.33. The molecule has 0 aliphatic rings. The third-order valence-corrected chi connectivity index (χ3v) is 1.46. The van der Waals surface area contributed by atoms with Crippen LogP contribution in [0.2, 0.25) is 0 Å². The molecule has 0 bridgehead atoms. The first-order chi connectivity index (χ1) is 4.75. The fourth-order valence-electron chi connectivity index (χ4n) is 0.919. The van der Waals surface area contributed by atoms with Crippen LogP contribution < -0.4 is 0 Å². The normalized spacial score (nSPS) is 9.82. The van der Waals surface area contributed by atoms with Crippen LogP contribution >= 0.6 is 12.4 Å². The number of hydrogen-bond acceptors (Lipinski definition) is 2. The summed E-state index contributed by atoms with van der Waals surface area (Å²) < 4.78 is 1.94. The first-order valence-electron chi connectivity index (χ1n) is 3.37. The molecule has 1 heterocycles. The lowest BCUT2D eigenvalue weighted by molar-refractivity contribution is 0.268. The molecular weight excluding hydrogens is 164 g/mol. The molecule has 0 unspecified atom stereocenters. The molecule has 4 heteroatoms. The first-order valence-corrected chi connectivity index (χ1v) is 3.37. The van der Waals surface area contributed by atoms with Crippen LogP contribution in [0.1, 0.15) is 25.6 Å². The van der Waals surface area contributed by atoms with Crippen LogP contribution in [0.25, 0.3) is 0 Å². The lowest BCUT2D eigenvalue weighted by Gasteiger charge is -2.08. The average molecular weight is 177 g/mol. The predicted octanol–water partition coefficient (Wildman–Crippen LogP) is 1.38. The van der Waals surface area contributed by atoms with Crippen LogP contribution in [0.4, 0.5) is 0 Å². The summed E-state index contributed by atoms with van der Waals surface area (Å²) in [6.07, 6.45) is 3.41. The molecule has 0 saturated carbocycles. The van der Waals surface area contributed by atoms with Crippen molar-refractivity contribution in [3.8, 4) is 0 Å². The monoisotopic (exact) mass is 176 g/mol. The Morgan fingerprint density at radius 2 is 2.27 bits per heavy atom. The lowest BCUT2D eigenvalue weighted by Crippen LogP contribution is -2.03. The third kappa shape index (κ3) is 2.20. The highest BCUT2D eigenvalue weighted by molar-refractivity contribution is 5.85. The largest absolute Gasteiger partial charge is 0.390 e. The van der Waals surface area contributed by atoms with Crippen molar-refractivity contribution in [2.45, 2.75) is 26.5 Å². The van der Waals surface area contributed by atoms with Gasteiger partial charge >= 0.3 is 0 Å². The molecule has 1 aromatic rings. The van der Waals surface area contributed by atoms with Crippen molar-refractivity contribution in [3.63, 3.8) is 0 Å². The van der Waals surface area contributed by atoms with Crippen molar-refractivity contribution in [1.82, 2.24) is 9.55 Å². The molecule has 0 saturated heterocycles. The Hall–Kier alpha value is -0.540. The number of imidazole rings is 1. The molecule has 0 spiro atoms. The minimum atomic E-state index is 0. The van der Waals surface area contributed by atoms with Gasteiger partial charge in [-0.05, 0) is 13.8 Å². The molecule has 0 aliphatic carbocycles. The Morgan fingerprint density at radius 3 is 2.64 bits per heavy atom. The van der Waals surface area contributed by atoms with Crippen molar-refractivity contribution in [2.24, 2.45) is 0 Å². The number of aliphatic hydroxyl groups is 1. The molecule has 11 heavy (non-hydrogen) atoms. The van der Waals surface area contributed by atoms with E-state index >= 15 is 0 Å². The molecule has 0 aliphatic heterocycles. The van der Waals surface area contributed by atoms with Crippen LogP contribution in [0.3, 0.4) is 0 Å². The van der Waals surface area contributed by atoms with Crippen molar-refractivity contribution in [2.75, 3.05) is 0 Å². The van der Waals surface area contributed by atoms with Gasteiger partial charge in [0.25, 0.3) is 0 Å². The zero-order chi connectivity index (χ0) is 7.56. The summed E-state index contributed by atoms with van der Waals surface area (Å²) in [6, 6.07) is 0.379. The lowest BCUT2D eigenvalue weighted by atomic mass is 10.3. The SMILES string of the molecule is CC(C)n1cncc1CO.Cl. The predicted molar refractivity (Wildman–Crippen MR) is 45.8 cm³/mol. The van der Waals surface area contributed by atoms with Gasteiger partial charge in [-0.2, -0.15) is 0 Å². The van der Waals surface area contributed by atoms with E-state index < -0.39 is 0 Å². The number of aliphatic hydroxyl groups excluding tert-OH is 1. The van der Waals surface area contributed by atoms with E-state index in [9.17, 15) is 0 Å². The molecule has 0 radical (unpaired) electrons. The Balaban J connectivity index is 0.000001000. The van der Waals surface area contributed by atoms with Gasteiger partial charge in [0.15, 0.2) is 0 Å². The Kier molecular flexibility index (Phi) is 4.15. The van der Waals surface area contributed by atoms with Gasteiger partial charge in [0, 0.05) is 6.04 Å². The minimum absolute atomic E-state index is 0. The van der Waals surface area contributed by atoms with Crippen LogP contribution in [0, 0.1) is 0 Å². The Morgan fingerprint density at radius 1 is 1.64 bits per heavy atom. The summed E-state index contributed by atoms with van der Waals surface area (Å²) >= 11 is 0. The second kappa shape index (κ2) is 4.36. The summed E-state index contributed by atoms with van der Waals surface area (Å²) in [4.78, 5) is 3.92. The van der Waals surface area contributed by atoms with E-state index in [0.717, 1.165) is 5.69 Å². The summed E-state index contributed by atoms with van der Waals surface area (Å²) in [5.74, 6) is 0. The second-order valence-electron chi connectivity index (χ2n) is 2.54. The standard InChI is InChI=1S/C7H12N2O.ClH/c1-6(2)9-5-8-3-7(9)4-10;/h3,5-6,10H,4H2,1-2H3;1H. The smallest absolute Gasteiger partial charge is 0.0951 e. The number of halogens is 1. The van der Waals surface area contributed by atoms with Gasteiger partial charge in [0.05, 0.1) is 24.8 Å². The zero-order valence-electron chi connectivity index (χ0n) is 6.69. The van der Waals surface area contributed by atoms with Crippen molar-refractivity contribution in [1.29, 1.82) is 0 Å². The molecule has 0 atom stereocenters. The first kappa shape index (κ1) is 10.5. The van der Waals surface area contributed by atoms with E-state index in [2.05, 4.69) is 18.8 Å². The van der Waals surface area contributed by atoms with Gasteiger partial charge in [0.1, 0.15) is 0 Å². The molecular formula is C7H13ClN2O. The quantitative estimate of drug-likeness (QED) is 0.740. The maximum Gasteiger partial charge on any atom is 0.0951 e. The zero-order valence-corrected chi connectivity index (χ0v) is 7.51. The van der Waals surface area contributed by atoms with E-state index in [1.165, 1.54) is 0 Å². The topological polar surface area (TPSA) is 38.0 Å². The van der Waals surface area contributed by atoms with Gasteiger partial charge in [-0.3, -0.25) is 0 Å². The van der Waals surface area contributed by atoms with Crippen LogP contribution in [0.15, 0.2) is 12.5 Å². The van der Waals surface area contributed by atoms with Gasteiger partial charge in [0.2, 0.25) is 0 Å². The Labute approximate surface area is 72.5 Å². The van der Waals surface area contributed by atoms with E-state index in [1.807, 2.05) is 4.57 Å². The molecule has 3 nitrogen and oxygen atoms in total. The summed E-state index contributed by atoms with van der Waals surface area (Å²) in [5.41, 5.74) is 0.870. The van der Waals surface area contributed by atoms with E-state index in [4.69, 9.17) is 5.11 Å². The van der Waals surface area contributed by atoms with Gasteiger partial charge in [-0.25, -0.2) is 4.98 Å². The van der Waals surface area contributed by atoms with Gasteiger partial charge in [-0.15, -0.1) is 12.4 Å². The summed E-state index contributed by atoms with van der Waals surface area (Å²) in [7, 11) is 0. The maximum atomic E-state index is 8.80. The summed E-state index contributed by atoms with van der Waals surface area (Å²) in [6.45, 7) is 4.18. The third-order valence-electron chi connectivity index (χ3n) is 1.46. The number of nitrogens with zero attached hydrogens (tertiary/aromatic N) is 2. The molecule has 1 rings (SSSR count). The number of aromatic nitrogens is 2. The molecule has 0 amide bonds. The van der Waals surface area contributed by atoms with Gasteiger partial charge in [-0.1, -0.05) is 0 Å². The number of rotatable bonds is 2. The van der Waals surface area contributed by atoms with Crippen LogP contribution in [0.5, 0.6) is 0 Å². The highest BCUT2D eigenvalue weighted by atomic mass is 35.5. The summed E-state index contributed by atoms with van der Waals surface area (Å²) in [5, 5.41) is 8.80. The van der Waals surface area contributed by atoms with Crippen molar-refractivity contribution in [3.05, 3.63) is 18.2 Å². The van der Waals surface area contributed by atoms with Crippen LogP contribution in [-0.2, 0) is 6.61 Å². The van der Waals surface area contributed by atoms with E-state index in [-0.39, 0.29) is 19.0 Å². The molecule has 64 valence electrons. The molecule has 1 N–H and O–H groups in total. The van der Waals surface area contributed by atoms with E-state index in [1.54, 1.807) is 12.5 Å². The molecule has 0 fully saturated rings. The Bertz CT molecular complexity index is 210. The van der Waals surface area contributed by atoms with Crippen LogP contribution in [-0.4, -0.2) is 14.7 Å². The fraction of sp³-hybridized carbons (Fsp3) is 0.571. The molecule has 1 aromatic heterocycles. The highest BCUT2D eigenvalue weighted by Crippen LogP contribution is 2.07. The fourth-order valence-corrected chi connectivity index (χ4v) is 0.919. The van der Waals surface area contributed by atoms with Crippen molar-refractivity contribution < 1.29 is 5.11 Å². The second-order valence-corrected chi connectivity index (χ2v) is 2.54. The van der Waals surface area contributed by atoms with Gasteiger partial charge < -0.3 is 9.67 Å².